The Bertz CT molecular complexity index is 968. The molecule has 50 heavy (non-hydrogen) atoms. The number of carboxylic acid groups (broad SMARTS) is 1. The highest BCUT2D eigenvalue weighted by atomic mass is 16.5. The molecule has 0 fully saturated rings. The van der Waals surface area contributed by atoms with Gasteiger partial charge < -0.3 is 20.9 Å². The molecule has 0 heterocycles. The van der Waals surface area contributed by atoms with E-state index in [1.54, 1.807) is 0 Å². The van der Waals surface area contributed by atoms with Crippen molar-refractivity contribution in [2.45, 2.75) is 187 Å². The fraction of sp³-hybridized carbons (Fsp3) is 0.698. The van der Waals surface area contributed by atoms with Gasteiger partial charge in [-0.25, -0.2) is 4.79 Å². The molecule has 0 aliphatic rings. The van der Waals surface area contributed by atoms with Crippen LogP contribution in [0.2, 0.25) is 0 Å². The van der Waals surface area contributed by atoms with Crippen LogP contribution in [-0.4, -0.2) is 41.6 Å². The van der Waals surface area contributed by atoms with Crippen LogP contribution in [0.3, 0.4) is 0 Å². The standard InChI is InChI=1S/C43H74N2O5/c1-3-5-7-9-11-13-14-15-16-17-18-20-22-27-31-37-42(47)50-39(33-28-24-21-19-12-10-8-6-4-2)34-29-25-23-26-30-36-41(46)45-40(43(48)49)35-32-38-44/h5,7,11,13,15-16,18,20,27,31,39-40H,3-4,6,8-10,12,14,17,19,21-26,28-30,32-38,44H2,1-2H3,(H,45,46)(H,48,49)/b7-5-,13-11-,16-15-,20-18-,31-27-. The number of esters is 1. The number of allylic oxidation sites excluding steroid dienone is 9. The Kier molecular flexibility index (Phi) is 35.1. The van der Waals surface area contributed by atoms with Gasteiger partial charge in [0.25, 0.3) is 0 Å². The minimum Gasteiger partial charge on any atom is -0.480 e. The monoisotopic (exact) mass is 699 g/mol. The summed E-state index contributed by atoms with van der Waals surface area (Å²) in [6, 6.07) is -0.863. The number of carboxylic acids is 1. The molecule has 1 amide bonds. The van der Waals surface area contributed by atoms with Gasteiger partial charge in [-0.05, 0) is 83.6 Å². The van der Waals surface area contributed by atoms with Crippen LogP contribution in [0.4, 0.5) is 0 Å². The molecule has 0 aliphatic carbocycles. The number of nitrogens with one attached hydrogen (secondary N) is 1. The Labute approximate surface area is 306 Å². The van der Waals surface area contributed by atoms with E-state index in [1.807, 2.05) is 12.2 Å². The van der Waals surface area contributed by atoms with Gasteiger partial charge in [0.05, 0.1) is 6.42 Å². The second kappa shape index (κ2) is 37.3. The average Bonchev–Trinajstić information content (AvgIpc) is 3.10. The number of carbonyl (C=O) groups excluding carboxylic acids is 2. The Morgan fingerprint density at radius 2 is 1.06 bits per heavy atom. The molecule has 0 aromatic heterocycles. The zero-order chi connectivity index (χ0) is 36.8. The first-order valence-corrected chi connectivity index (χ1v) is 20.1. The number of unbranched alkanes of at least 4 members (excludes halogenated alkanes) is 12. The van der Waals surface area contributed by atoms with Crippen LogP contribution in [-0.2, 0) is 19.1 Å². The van der Waals surface area contributed by atoms with Crippen molar-refractivity contribution in [3.05, 3.63) is 60.8 Å². The molecule has 7 heteroatoms. The fourth-order valence-electron chi connectivity index (χ4n) is 5.64. The normalized spacial score (nSPS) is 13.3. The van der Waals surface area contributed by atoms with E-state index in [0.29, 0.717) is 32.2 Å². The summed E-state index contributed by atoms with van der Waals surface area (Å²) in [5.74, 6) is -1.37. The van der Waals surface area contributed by atoms with Gasteiger partial charge in [0.2, 0.25) is 5.91 Å². The number of rotatable bonds is 35. The lowest BCUT2D eigenvalue weighted by Gasteiger charge is -2.18. The molecule has 0 aromatic carbocycles. The van der Waals surface area contributed by atoms with Crippen molar-refractivity contribution in [2.75, 3.05) is 6.54 Å². The molecule has 2 atom stereocenters. The number of hydrogen-bond acceptors (Lipinski definition) is 5. The summed E-state index contributed by atoms with van der Waals surface area (Å²) in [5, 5.41) is 11.9. The van der Waals surface area contributed by atoms with Gasteiger partial charge in [-0.15, -0.1) is 0 Å². The Balaban J connectivity index is 4.44. The average molecular weight is 699 g/mol. The van der Waals surface area contributed by atoms with E-state index in [2.05, 4.69) is 67.8 Å². The van der Waals surface area contributed by atoms with Gasteiger partial charge in [-0.1, -0.05) is 145 Å². The number of ether oxygens (including phenoxy) is 1. The summed E-state index contributed by atoms with van der Waals surface area (Å²) in [6.45, 7) is 4.80. The molecule has 0 radical (unpaired) electrons. The molecule has 0 saturated heterocycles. The van der Waals surface area contributed by atoms with Crippen LogP contribution < -0.4 is 11.1 Å². The van der Waals surface area contributed by atoms with Crippen molar-refractivity contribution < 1.29 is 24.2 Å². The summed E-state index contributed by atoms with van der Waals surface area (Å²) in [5.41, 5.74) is 5.47. The largest absolute Gasteiger partial charge is 0.480 e. The minimum atomic E-state index is -1.01. The third kappa shape index (κ3) is 33.6. The van der Waals surface area contributed by atoms with E-state index in [1.165, 1.54) is 51.4 Å². The number of hydrogen-bond donors (Lipinski definition) is 3. The van der Waals surface area contributed by atoms with Crippen LogP contribution in [0.25, 0.3) is 0 Å². The van der Waals surface area contributed by atoms with Crippen molar-refractivity contribution in [1.29, 1.82) is 0 Å². The van der Waals surface area contributed by atoms with Crippen LogP contribution in [0.5, 0.6) is 0 Å². The molecule has 0 aromatic rings. The summed E-state index contributed by atoms with van der Waals surface area (Å²) < 4.78 is 5.95. The molecule has 286 valence electrons. The molecule has 0 aliphatic heterocycles. The van der Waals surface area contributed by atoms with Crippen LogP contribution >= 0.6 is 0 Å². The summed E-state index contributed by atoms with van der Waals surface area (Å²) in [6.07, 6.45) is 45.6. The molecule has 4 N–H and O–H groups in total. The van der Waals surface area contributed by atoms with E-state index < -0.39 is 12.0 Å². The zero-order valence-corrected chi connectivity index (χ0v) is 32.0. The van der Waals surface area contributed by atoms with Crippen LogP contribution in [0, 0.1) is 0 Å². The molecule has 2 unspecified atom stereocenters. The number of nitrogens with two attached hydrogens (primary N) is 1. The van der Waals surface area contributed by atoms with E-state index in [-0.39, 0.29) is 18.0 Å². The molecular weight excluding hydrogens is 624 g/mol. The van der Waals surface area contributed by atoms with Gasteiger partial charge in [0.1, 0.15) is 12.1 Å². The fourth-order valence-corrected chi connectivity index (χ4v) is 5.64. The SMILES string of the molecule is CC/C=C\C/C=C\C/C=C\C/C=C\C/C=C\CC(=O)OC(CCCCCCCCCCC)CCCCCCCC(=O)NC(CCCN)C(=O)O. The van der Waals surface area contributed by atoms with E-state index in [4.69, 9.17) is 10.5 Å². The Morgan fingerprint density at radius 1 is 0.600 bits per heavy atom. The Hall–Kier alpha value is -2.93. The summed E-state index contributed by atoms with van der Waals surface area (Å²) in [4.78, 5) is 36.2. The van der Waals surface area contributed by atoms with Crippen molar-refractivity contribution in [3.63, 3.8) is 0 Å². The topological polar surface area (TPSA) is 119 Å². The van der Waals surface area contributed by atoms with Crippen molar-refractivity contribution in [3.8, 4) is 0 Å². The second-order valence-electron chi connectivity index (χ2n) is 13.3. The second-order valence-corrected chi connectivity index (χ2v) is 13.3. The minimum absolute atomic E-state index is 0.0398. The van der Waals surface area contributed by atoms with Crippen LogP contribution in [0.15, 0.2) is 60.8 Å². The maximum atomic E-state index is 12.7. The van der Waals surface area contributed by atoms with Crippen molar-refractivity contribution in [2.24, 2.45) is 5.73 Å². The molecule has 0 spiro atoms. The maximum Gasteiger partial charge on any atom is 0.326 e. The third-order valence-corrected chi connectivity index (χ3v) is 8.63. The first-order valence-electron chi connectivity index (χ1n) is 20.1. The lowest BCUT2D eigenvalue weighted by Crippen LogP contribution is -2.40. The van der Waals surface area contributed by atoms with Gasteiger partial charge in [-0.2, -0.15) is 0 Å². The van der Waals surface area contributed by atoms with E-state index >= 15 is 0 Å². The number of amides is 1. The maximum absolute atomic E-state index is 12.7. The Morgan fingerprint density at radius 3 is 1.54 bits per heavy atom. The van der Waals surface area contributed by atoms with E-state index in [0.717, 1.165) is 83.5 Å². The predicted octanol–water partition coefficient (Wildman–Crippen LogP) is 11.0. The molecule has 0 rings (SSSR count). The lowest BCUT2D eigenvalue weighted by atomic mass is 10.0. The van der Waals surface area contributed by atoms with Gasteiger partial charge in [0, 0.05) is 6.42 Å². The first kappa shape index (κ1) is 47.1. The molecule has 7 nitrogen and oxygen atoms in total. The molecular formula is C43H74N2O5. The highest BCUT2D eigenvalue weighted by Crippen LogP contribution is 2.18. The predicted molar refractivity (Wildman–Crippen MR) is 211 cm³/mol. The van der Waals surface area contributed by atoms with Gasteiger partial charge in [0.15, 0.2) is 0 Å². The van der Waals surface area contributed by atoms with E-state index in [9.17, 15) is 19.5 Å². The smallest absolute Gasteiger partial charge is 0.326 e. The molecule has 0 saturated carbocycles. The van der Waals surface area contributed by atoms with Gasteiger partial charge in [-0.3, -0.25) is 9.59 Å². The first-order chi connectivity index (χ1) is 24.4. The highest BCUT2D eigenvalue weighted by molar-refractivity contribution is 5.83. The highest BCUT2D eigenvalue weighted by Gasteiger charge is 2.19. The zero-order valence-electron chi connectivity index (χ0n) is 32.0. The summed E-state index contributed by atoms with van der Waals surface area (Å²) in [7, 11) is 0. The third-order valence-electron chi connectivity index (χ3n) is 8.63. The number of carbonyl (C=O) groups is 3. The summed E-state index contributed by atoms with van der Waals surface area (Å²) >= 11 is 0. The van der Waals surface area contributed by atoms with Crippen molar-refractivity contribution >= 4 is 17.8 Å². The van der Waals surface area contributed by atoms with Gasteiger partial charge >= 0.3 is 11.9 Å². The quantitative estimate of drug-likeness (QED) is 0.0344. The lowest BCUT2D eigenvalue weighted by molar-refractivity contribution is -0.148. The van der Waals surface area contributed by atoms with Crippen LogP contribution in [0.1, 0.15) is 174 Å². The molecule has 0 bridgehead atoms. The number of aliphatic carboxylic acids is 1. The van der Waals surface area contributed by atoms with Crippen molar-refractivity contribution in [1.82, 2.24) is 5.32 Å².